The predicted octanol–water partition coefficient (Wildman–Crippen LogP) is 3.56. The average Bonchev–Trinajstić information content (AvgIpc) is 2.39. The number of H-pyrrole nitrogens is 1. The van der Waals surface area contributed by atoms with Crippen LogP contribution in [0.25, 0.3) is 0 Å². The van der Waals surface area contributed by atoms with Gasteiger partial charge in [-0.15, -0.1) is 0 Å². The Bertz CT molecular complexity index is 657. The molecular formula is C11H7ClF3N3OS. The molecule has 0 spiro atoms. The number of aromatic amines is 1. The zero-order chi connectivity index (χ0) is 14.8. The van der Waals surface area contributed by atoms with Crippen molar-refractivity contribution in [2.45, 2.75) is 11.1 Å². The lowest BCUT2D eigenvalue weighted by Crippen LogP contribution is -2.09. The van der Waals surface area contributed by atoms with Crippen molar-refractivity contribution in [3.05, 3.63) is 51.7 Å². The van der Waals surface area contributed by atoms with Crippen molar-refractivity contribution >= 4 is 29.2 Å². The van der Waals surface area contributed by atoms with Gasteiger partial charge in [-0.1, -0.05) is 11.6 Å². The summed E-state index contributed by atoms with van der Waals surface area (Å²) in [5.41, 5.74) is -1.16. The smallest absolute Gasteiger partial charge is 0.326 e. The summed E-state index contributed by atoms with van der Waals surface area (Å²) < 4.78 is 39.7. The second-order valence-corrected chi connectivity index (χ2v) is 4.96. The molecule has 4 nitrogen and oxygen atoms in total. The second kappa shape index (κ2) is 5.76. The van der Waals surface area contributed by atoms with E-state index in [1.165, 1.54) is 18.3 Å². The maximum atomic E-state index is 12.3. The van der Waals surface area contributed by atoms with Crippen LogP contribution in [0, 0.1) is 0 Å². The molecule has 0 saturated carbocycles. The molecule has 2 rings (SSSR count). The third-order valence-corrected chi connectivity index (χ3v) is 3.19. The molecule has 0 radical (unpaired) electrons. The fraction of sp³-hybridized carbons (Fsp3) is 0.0909. The van der Waals surface area contributed by atoms with Gasteiger partial charge in [-0.25, -0.2) is 0 Å². The van der Waals surface area contributed by atoms with Gasteiger partial charge < -0.3 is 9.71 Å². The van der Waals surface area contributed by atoms with Gasteiger partial charge in [0.05, 0.1) is 5.02 Å². The van der Waals surface area contributed by atoms with Gasteiger partial charge in [-0.05, 0) is 30.1 Å². The SMILES string of the molecule is O=c1[nH]cc(Cl)cc1NSc1ccc(C(F)(F)F)nc1. The first kappa shape index (κ1) is 14.7. The van der Waals surface area contributed by atoms with E-state index in [4.69, 9.17) is 11.6 Å². The van der Waals surface area contributed by atoms with Crippen molar-refractivity contribution in [3.8, 4) is 0 Å². The molecule has 0 aliphatic heterocycles. The number of nitrogens with one attached hydrogen (secondary N) is 2. The van der Waals surface area contributed by atoms with E-state index in [9.17, 15) is 18.0 Å². The zero-order valence-electron chi connectivity index (χ0n) is 9.66. The number of hydrogen-bond acceptors (Lipinski definition) is 4. The largest absolute Gasteiger partial charge is 0.433 e. The standard InChI is InChI=1S/C11H7ClF3N3OS/c12-6-3-8(10(19)17-4-6)18-20-7-1-2-9(16-5-7)11(13,14)15/h1-5,18H,(H,17,19). The Hall–Kier alpha value is -1.67. The molecule has 0 fully saturated rings. The van der Waals surface area contributed by atoms with E-state index < -0.39 is 11.9 Å². The molecular weight excluding hydrogens is 315 g/mol. The number of hydrogen-bond donors (Lipinski definition) is 2. The van der Waals surface area contributed by atoms with E-state index in [1.54, 1.807) is 0 Å². The van der Waals surface area contributed by atoms with Crippen molar-refractivity contribution in [1.82, 2.24) is 9.97 Å². The first-order chi connectivity index (χ1) is 9.36. The van der Waals surface area contributed by atoms with Gasteiger partial charge in [0.25, 0.3) is 5.56 Å². The first-order valence-corrected chi connectivity index (χ1v) is 6.40. The van der Waals surface area contributed by atoms with E-state index in [1.807, 2.05) is 0 Å². The van der Waals surface area contributed by atoms with Crippen molar-refractivity contribution in [2.24, 2.45) is 0 Å². The molecule has 0 atom stereocenters. The van der Waals surface area contributed by atoms with Crippen LogP contribution in [-0.4, -0.2) is 9.97 Å². The zero-order valence-corrected chi connectivity index (χ0v) is 11.2. The number of anilines is 1. The van der Waals surface area contributed by atoms with Crippen molar-refractivity contribution in [1.29, 1.82) is 0 Å². The van der Waals surface area contributed by atoms with Crippen LogP contribution in [0.2, 0.25) is 5.02 Å². The molecule has 0 amide bonds. The molecule has 0 unspecified atom stereocenters. The van der Waals surface area contributed by atoms with Gasteiger partial charge >= 0.3 is 6.18 Å². The van der Waals surface area contributed by atoms with Crippen LogP contribution in [0.3, 0.4) is 0 Å². The molecule has 0 aromatic carbocycles. The Balaban J connectivity index is 2.08. The lowest BCUT2D eigenvalue weighted by Gasteiger charge is -2.07. The highest BCUT2D eigenvalue weighted by molar-refractivity contribution is 8.00. The summed E-state index contributed by atoms with van der Waals surface area (Å²) in [7, 11) is 0. The summed E-state index contributed by atoms with van der Waals surface area (Å²) in [6, 6.07) is 3.53. The summed E-state index contributed by atoms with van der Waals surface area (Å²) in [4.78, 5) is 17.6. The highest BCUT2D eigenvalue weighted by atomic mass is 35.5. The minimum absolute atomic E-state index is 0.197. The molecule has 2 N–H and O–H groups in total. The van der Waals surface area contributed by atoms with E-state index >= 15 is 0 Å². The van der Waals surface area contributed by atoms with Crippen LogP contribution < -0.4 is 10.3 Å². The second-order valence-electron chi connectivity index (χ2n) is 3.64. The Morgan fingerprint density at radius 3 is 2.70 bits per heavy atom. The quantitative estimate of drug-likeness (QED) is 0.849. The Kier molecular flexibility index (Phi) is 4.24. The number of rotatable bonds is 3. The number of nitrogens with zero attached hydrogens (tertiary/aromatic N) is 1. The highest BCUT2D eigenvalue weighted by Crippen LogP contribution is 2.28. The number of halogens is 4. The van der Waals surface area contributed by atoms with Crippen LogP contribution in [0.4, 0.5) is 18.9 Å². The predicted molar refractivity (Wildman–Crippen MR) is 70.8 cm³/mol. The lowest BCUT2D eigenvalue weighted by molar-refractivity contribution is -0.141. The molecule has 0 bridgehead atoms. The Morgan fingerprint density at radius 1 is 1.35 bits per heavy atom. The summed E-state index contributed by atoms with van der Waals surface area (Å²) in [6.45, 7) is 0. The van der Waals surface area contributed by atoms with Gasteiger partial charge in [0.1, 0.15) is 11.4 Å². The molecule has 0 aliphatic rings. The average molecular weight is 322 g/mol. The number of aromatic nitrogens is 2. The van der Waals surface area contributed by atoms with Gasteiger partial charge in [0, 0.05) is 17.3 Å². The summed E-state index contributed by atoms with van der Waals surface area (Å²) >= 11 is 6.67. The monoisotopic (exact) mass is 321 g/mol. The van der Waals surface area contributed by atoms with Gasteiger partial charge in [-0.3, -0.25) is 9.78 Å². The topological polar surface area (TPSA) is 57.8 Å². The third kappa shape index (κ3) is 3.67. The third-order valence-electron chi connectivity index (χ3n) is 2.17. The van der Waals surface area contributed by atoms with Crippen LogP contribution >= 0.6 is 23.5 Å². The Labute approximate surface area is 120 Å². The molecule has 0 saturated heterocycles. The van der Waals surface area contributed by atoms with E-state index in [-0.39, 0.29) is 11.2 Å². The fourth-order valence-electron chi connectivity index (χ4n) is 1.26. The van der Waals surface area contributed by atoms with Crippen LogP contribution in [0.1, 0.15) is 5.69 Å². The summed E-state index contributed by atoms with van der Waals surface area (Å²) in [5.74, 6) is 0. The van der Waals surface area contributed by atoms with E-state index in [0.717, 1.165) is 24.2 Å². The van der Waals surface area contributed by atoms with Crippen molar-refractivity contribution in [2.75, 3.05) is 4.72 Å². The molecule has 20 heavy (non-hydrogen) atoms. The number of alkyl halides is 3. The molecule has 2 aromatic heterocycles. The van der Waals surface area contributed by atoms with Gasteiger partial charge in [0.15, 0.2) is 0 Å². The van der Waals surface area contributed by atoms with E-state index in [2.05, 4.69) is 14.7 Å². The van der Waals surface area contributed by atoms with Gasteiger partial charge in [0.2, 0.25) is 0 Å². The lowest BCUT2D eigenvalue weighted by atomic mass is 10.3. The molecule has 106 valence electrons. The fourth-order valence-corrected chi connectivity index (χ4v) is 2.04. The van der Waals surface area contributed by atoms with E-state index in [0.29, 0.717) is 9.92 Å². The minimum atomic E-state index is -4.47. The van der Waals surface area contributed by atoms with Crippen molar-refractivity contribution in [3.63, 3.8) is 0 Å². The maximum Gasteiger partial charge on any atom is 0.433 e. The van der Waals surface area contributed by atoms with Crippen LogP contribution in [-0.2, 0) is 6.18 Å². The molecule has 9 heteroatoms. The Morgan fingerprint density at radius 2 is 2.10 bits per heavy atom. The minimum Gasteiger partial charge on any atom is -0.326 e. The normalized spacial score (nSPS) is 11.4. The summed E-state index contributed by atoms with van der Waals surface area (Å²) in [5, 5.41) is 0.332. The molecule has 0 aliphatic carbocycles. The molecule has 2 aromatic rings. The van der Waals surface area contributed by atoms with Crippen LogP contribution in [0.15, 0.2) is 40.3 Å². The number of pyridine rings is 2. The first-order valence-electron chi connectivity index (χ1n) is 5.20. The highest BCUT2D eigenvalue weighted by Gasteiger charge is 2.32. The maximum absolute atomic E-state index is 12.3. The van der Waals surface area contributed by atoms with Crippen LogP contribution in [0.5, 0.6) is 0 Å². The molecule has 2 heterocycles. The summed E-state index contributed by atoms with van der Waals surface area (Å²) in [6.07, 6.45) is -2.07. The van der Waals surface area contributed by atoms with Crippen molar-refractivity contribution < 1.29 is 13.2 Å². The van der Waals surface area contributed by atoms with Gasteiger partial charge in [-0.2, -0.15) is 13.2 Å².